The third-order valence-corrected chi connectivity index (χ3v) is 4.70. The van der Waals surface area contributed by atoms with Crippen LogP contribution in [-0.4, -0.2) is 37.3 Å². The molecular weight excluding hydrogens is 372 g/mol. The van der Waals surface area contributed by atoms with Gasteiger partial charge in [0.05, 0.1) is 14.2 Å². The molecule has 0 aliphatic heterocycles. The highest BCUT2D eigenvalue weighted by Crippen LogP contribution is 2.28. The third kappa shape index (κ3) is 4.87. The summed E-state index contributed by atoms with van der Waals surface area (Å²) < 4.78 is 15.4. The Morgan fingerprint density at radius 3 is 2.59 bits per heavy atom. The lowest BCUT2D eigenvalue weighted by Gasteiger charge is -2.16. The lowest BCUT2D eigenvalue weighted by atomic mass is 10.0. The first-order chi connectivity index (χ1) is 14.0. The maximum Gasteiger partial charge on any atom is 0.408 e. The molecule has 0 aliphatic rings. The molecule has 0 saturated heterocycles. The Morgan fingerprint density at radius 1 is 1.14 bits per heavy atom. The van der Waals surface area contributed by atoms with E-state index in [1.54, 1.807) is 7.11 Å². The molecule has 29 heavy (non-hydrogen) atoms. The van der Waals surface area contributed by atoms with Crippen LogP contribution in [0.4, 0.5) is 4.79 Å². The van der Waals surface area contributed by atoms with Crippen LogP contribution in [0.2, 0.25) is 0 Å². The number of hydrogen-bond acceptors (Lipinski definition) is 5. The average Bonchev–Trinajstić information content (AvgIpc) is 3.12. The van der Waals surface area contributed by atoms with Gasteiger partial charge in [0.15, 0.2) is 0 Å². The molecule has 0 spiro atoms. The number of amides is 1. The van der Waals surface area contributed by atoms with E-state index in [2.05, 4.69) is 10.3 Å². The molecule has 0 fully saturated rings. The number of esters is 1. The Bertz CT molecular complexity index is 997. The Hall–Kier alpha value is -3.48. The predicted molar refractivity (Wildman–Crippen MR) is 109 cm³/mol. The van der Waals surface area contributed by atoms with Gasteiger partial charge in [-0.3, -0.25) is 0 Å². The van der Waals surface area contributed by atoms with Crippen LogP contribution in [-0.2, 0) is 27.3 Å². The normalized spacial score (nSPS) is 11.7. The summed E-state index contributed by atoms with van der Waals surface area (Å²) in [6.45, 7) is 2.07. The van der Waals surface area contributed by atoms with E-state index in [1.165, 1.54) is 7.11 Å². The fraction of sp³-hybridized carbons (Fsp3) is 0.273. The fourth-order valence-electron chi connectivity index (χ4n) is 3.17. The van der Waals surface area contributed by atoms with Crippen LogP contribution in [0.1, 0.15) is 16.7 Å². The highest BCUT2D eigenvalue weighted by Gasteiger charge is 2.24. The van der Waals surface area contributed by atoms with Crippen LogP contribution in [0, 0.1) is 6.92 Å². The number of carbonyl (C=O) groups is 2. The molecule has 0 radical (unpaired) electrons. The van der Waals surface area contributed by atoms with Crippen molar-refractivity contribution < 1.29 is 23.8 Å². The summed E-state index contributed by atoms with van der Waals surface area (Å²) in [6.07, 6.45) is 1.40. The first-order valence-corrected chi connectivity index (χ1v) is 9.21. The second-order valence-electron chi connectivity index (χ2n) is 6.67. The van der Waals surface area contributed by atoms with Crippen molar-refractivity contribution in [2.45, 2.75) is 26.0 Å². The van der Waals surface area contributed by atoms with E-state index < -0.39 is 18.1 Å². The molecule has 0 saturated carbocycles. The Labute approximate surface area is 169 Å². The molecule has 1 aromatic heterocycles. The molecule has 0 aliphatic carbocycles. The van der Waals surface area contributed by atoms with Crippen LogP contribution in [0.5, 0.6) is 5.75 Å². The molecule has 1 amide bonds. The maximum absolute atomic E-state index is 12.2. The fourth-order valence-corrected chi connectivity index (χ4v) is 3.17. The SMILES string of the molecule is COC(=O)[C@H](Cc1c[nH]c2cc(OC)c(C)cc12)NC(=O)OCc1ccccc1. The van der Waals surface area contributed by atoms with E-state index in [-0.39, 0.29) is 13.0 Å². The number of benzene rings is 2. The predicted octanol–water partition coefficient (Wildman–Crippen LogP) is 3.50. The van der Waals surface area contributed by atoms with E-state index in [0.29, 0.717) is 0 Å². The standard InChI is InChI=1S/C22H24N2O5/c1-14-9-17-16(12-23-18(17)11-20(14)27-2)10-19(21(25)28-3)24-22(26)29-13-15-7-5-4-6-8-15/h4-9,11-12,19,23H,10,13H2,1-3H3,(H,24,26)/t19-/m0/s1. The van der Waals surface area contributed by atoms with Crippen molar-refractivity contribution in [3.05, 3.63) is 65.4 Å². The third-order valence-electron chi connectivity index (χ3n) is 4.70. The second kappa shape index (κ2) is 9.14. The molecule has 3 aromatic rings. The Morgan fingerprint density at radius 2 is 1.90 bits per heavy atom. The van der Waals surface area contributed by atoms with Crippen molar-refractivity contribution in [3.8, 4) is 5.75 Å². The lowest BCUT2D eigenvalue weighted by molar-refractivity contribution is -0.142. The molecule has 1 heterocycles. The number of aromatic amines is 1. The van der Waals surface area contributed by atoms with Gasteiger partial charge in [-0.2, -0.15) is 0 Å². The summed E-state index contributed by atoms with van der Waals surface area (Å²) in [6, 6.07) is 12.3. The highest BCUT2D eigenvalue weighted by molar-refractivity contribution is 5.87. The van der Waals surface area contributed by atoms with Crippen LogP contribution < -0.4 is 10.1 Å². The second-order valence-corrected chi connectivity index (χ2v) is 6.67. The van der Waals surface area contributed by atoms with Gasteiger partial charge in [0.1, 0.15) is 18.4 Å². The zero-order chi connectivity index (χ0) is 20.8. The summed E-state index contributed by atoms with van der Waals surface area (Å²) >= 11 is 0. The number of alkyl carbamates (subject to hydrolysis) is 1. The molecular formula is C22H24N2O5. The summed E-state index contributed by atoms with van der Waals surface area (Å²) in [5, 5.41) is 3.56. The van der Waals surface area contributed by atoms with Crippen molar-refractivity contribution >= 4 is 23.0 Å². The van der Waals surface area contributed by atoms with Gasteiger partial charge in [0, 0.05) is 29.6 Å². The first-order valence-electron chi connectivity index (χ1n) is 9.21. The smallest absolute Gasteiger partial charge is 0.408 e. The topological polar surface area (TPSA) is 89.7 Å². The van der Waals surface area contributed by atoms with E-state index >= 15 is 0 Å². The number of fused-ring (bicyclic) bond motifs is 1. The number of hydrogen-bond donors (Lipinski definition) is 2. The molecule has 2 aromatic carbocycles. The van der Waals surface area contributed by atoms with Gasteiger partial charge in [-0.05, 0) is 29.7 Å². The zero-order valence-electron chi connectivity index (χ0n) is 16.7. The van der Waals surface area contributed by atoms with Crippen molar-refractivity contribution in [1.29, 1.82) is 0 Å². The molecule has 2 N–H and O–H groups in total. The summed E-state index contributed by atoms with van der Waals surface area (Å²) in [5.74, 6) is 0.235. The van der Waals surface area contributed by atoms with Crippen LogP contribution in [0.15, 0.2) is 48.7 Å². The van der Waals surface area contributed by atoms with E-state index in [1.807, 2.05) is 55.6 Å². The quantitative estimate of drug-likeness (QED) is 0.597. The van der Waals surface area contributed by atoms with Gasteiger partial charge in [0.2, 0.25) is 0 Å². The number of aryl methyl sites for hydroxylation is 1. The Kier molecular flexibility index (Phi) is 6.39. The number of carbonyl (C=O) groups excluding carboxylic acids is 2. The monoisotopic (exact) mass is 396 g/mol. The van der Waals surface area contributed by atoms with Gasteiger partial charge in [0.25, 0.3) is 0 Å². The zero-order valence-corrected chi connectivity index (χ0v) is 16.7. The first kappa shape index (κ1) is 20.3. The van der Waals surface area contributed by atoms with E-state index in [4.69, 9.17) is 14.2 Å². The van der Waals surface area contributed by atoms with Crippen LogP contribution in [0.25, 0.3) is 10.9 Å². The van der Waals surface area contributed by atoms with Gasteiger partial charge < -0.3 is 24.5 Å². The molecule has 7 nitrogen and oxygen atoms in total. The maximum atomic E-state index is 12.2. The minimum Gasteiger partial charge on any atom is -0.496 e. The van der Waals surface area contributed by atoms with E-state index in [0.717, 1.165) is 33.3 Å². The summed E-state index contributed by atoms with van der Waals surface area (Å²) in [4.78, 5) is 27.6. The number of nitrogens with one attached hydrogen (secondary N) is 2. The molecule has 3 rings (SSSR count). The summed E-state index contributed by atoms with van der Waals surface area (Å²) in [5.41, 5.74) is 3.60. The van der Waals surface area contributed by atoms with Crippen LogP contribution >= 0.6 is 0 Å². The van der Waals surface area contributed by atoms with Gasteiger partial charge in [-0.1, -0.05) is 30.3 Å². The van der Waals surface area contributed by atoms with Crippen molar-refractivity contribution in [2.24, 2.45) is 0 Å². The number of methoxy groups -OCH3 is 2. The van der Waals surface area contributed by atoms with Gasteiger partial charge >= 0.3 is 12.1 Å². The minimum absolute atomic E-state index is 0.118. The van der Waals surface area contributed by atoms with Crippen LogP contribution in [0.3, 0.4) is 0 Å². The number of rotatable bonds is 7. The van der Waals surface area contributed by atoms with Crippen molar-refractivity contribution in [2.75, 3.05) is 14.2 Å². The number of aromatic nitrogens is 1. The Balaban J connectivity index is 1.72. The van der Waals surface area contributed by atoms with Crippen molar-refractivity contribution in [1.82, 2.24) is 10.3 Å². The molecule has 7 heteroatoms. The van der Waals surface area contributed by atoms with E-state index in [9.17, 15) is 9.59 Å². The molecule has 152 valence electrons. The average molecular weight is 396 g/mol. The highest BCUT2D eigenvalue weighted by atomic mass is 16.6. The number of H-pyrrole nitrogens is 1. The molecule has 0 bridgehead atoms. The van der Waals surface area contributed by atoms with Gasteiger partial charge in [-0.25, -0.2) is 9.59 Å². The minimum atomic E-state index is -0.871. The largest absolute Gasteiger partial charge is 0.496 e. The van der Waals surface area contributed by atoms with Gasteiger partial charge in [-0.15, -0.1) is 0 Å². The number of ether oxygens (including phenoxy) is 3. The molecule has 1 atom stereocenters. The van der Waals surface area contributed by atoms with Crippen molar-refractivity contribution in [3.63, 3.8) is 0 Å². The lowest BCUT2D eigenvalue weighted by Crippen LogP contribution is -2.43. The summed E-state index contributed by atoms with van der Waals surface area (Å²) in [7, 11) is 2.91. The molecule has 0 unspecified atom stereocenters.